The standard InChI is InChI=1S/C13H23NO2/c1-10-5-4-7-12(10)13(16)14-8-3-2-6-11(14)9-15/h10-12,15H,2-9H2,1H3. The second-order valence-electron chi connectivity index (χ2n) is 5.38. The van der Waals surface area contributed by atoms with Crippen molar-refractivity contribution < 1.29 is 9.90 Å². The zero-order chi connectivity index (χ0) is 11.5. The highest BCUT2D eigenvalue weighted by atomic mass is 16.3. The largest absolute Gasteiger partial charge is 0.394 e. The number of rotatable bonds is 2. The van der Waals surface area contributed by atoms with Gasteiger partial charge in [0, 0.05) is 12.5 Å². The summed E-state index contributed by atoms with van der Waals surface area (Å²) in [7, 11) is 0. The number of hydrogen-bond donors (Lipinski definition) is 1. The van der Waals surface area contributed by atoms with Gasteiger partial charge >= 0.3 is 0 Å². The number of nitrogens with zero attached hydrogens (tertiary/aromatic N) is 1. The summed E-state index contributed by atoms with van der Waals surface area (Å²) in [6, 6.07) is 0.0917. The molecule has 3 unspecified atom stereocenters. The number of piperidine rings is 1. The first kappa shape index (κ1) is 11.9. The van der Waals surface area contributed by atoms with Crippen molar-refractivity contribution in [3.05, 3.63) is 0 Å². The molecule has 2 aliphatic rings. The molecular weight excluding hydrogens is 202 g/mol. The SMILES string of the molecule is CC1CCCC1C(=O)N1CCCCC1CO. The lowest BCUT2D eigenvalue weighted by molar-refractivity contribution is -0.141. The molecule has 0 aromatic rings. The zero-order valence-corrected chi connectivity index (χ0v) is 10.2. The van der Waals surface area contributed by atoms with Crippen molar-refractivity contribution in [1.82, 2.24) is 4.90 Å². The van der Waals surface area contributed by atoms with E-state index in [1.807, 2.05) is 4.90 Å². The Kier molecular flexibility index (Phi) is 3.85. The Morgan fingerprint density at radius 1 is 1.25 bits per heavy atom. The van der Waals surface area contributed by atoms with Crippen molar-refractivity contribution >= 4 is 5.91 Å². The molecule has 1 aliphatic heterocycles. The van der Waals surface area contributed by atoms with E-state index in [0.717, 1.165) is 32.2 Å². The van der Waals surface area contributed by atoms with Crippen LogP contribution < -0.4 is 0 Å². The van der Waals surface area contributed by atoms with Crippen molar-refractivity contribution in [3.8, 4) is 0 Å². The maximum atomic E-state index is 12.4. The number of hydrogen-bond acceptors (Lipinski definition) is 2. The molecule has 0 radical (unpaired) electrons. The van der Waals surface area contributed by atoms with Crippen molar-refractivity contribution in [2.75, 3.05) is 13.2 Å². The minimum Gasteiger partial charge on any atom is -0.394 e. The molecule has 1 saturated carbocycles. The molecule has 3 heteroatoms. The van der Waals surface area contributed by atoms with Gasteiger partial charge in [0.2, 0.25) is 5.91 Å². The maximum absolute atomic E-state index is 12.4. The van der Waals surface area contributed by atoms with Gasteiger partial charge in [-0.3, -0.25) is 4.79 Å². The third-order valence-corrected chi connectivity index (χ3v) is 4.30. The van der Waals surface area contributed by atoms with Crippen LogP contribution in [0.15, 0.2) is 0 Å². The van der Waals surface area contributed by atoms with Gasteiger partial charge in [0.1, 0.15) is 0 Å². The monoisotopic (exact) mass is 225 g/mol. The van der Waals surface area contributed by atoms with Gasteiger partial charge in [0.25, 0.3) is 0 Å². The lowest BCUT2D eigenvalue weighted by Gasteiger charge is -2.37. The summed E-state index contributed by atoms with van der Waals surface area (Å²) in [6.07, 6.45) is 6.65. The van der Waals surface area contributed by atoms with Gasteiger partial charge in [-0.15, -0.1) is 0 Å². The second-order valence-corrected chi connectivity index (χ2v) is 5.38. The minimum absolute atomic E-state index is 0.0917. The molecule has 2 fully saturated rings. The molecule has 1 saturated heterocycles. The average Bonchev–Trinajstić information content (AvgIpc) is 2.74. The number of carbonyl (C=O) groups excluding carboxylic acids is 1. The fourth-order valence-corrected chi connectivity index (χ4v) is 3.21. The predicted molar refractivity (Wildman–Crippen MR) is 62.9 cm³/mol. The maximum Gasteiger partial charge on any atom is 0.226 e. The lowest BCUT2D eigenvalue weighted by Crippen LogP contribution is -2.48. The van der Waals surface area contributed by atoms with E-state index in [1.54, 1.807) is 0 Å². The summed E-state index contributed by atoms with van der Waals surface area (Å²) in [5.74, 6) is 1.07. The molecule has 16 heavy (non-hydrogen) atoms. The molecule has 2 rings (SSSR count). The highest BCUT2D eigenvalue weighted by molar-refractivity contribution is 5.79. The predicted octanol–water partition coefficient (Wildman–Crippen LogP) is 1.80. The molecule has 1 aliphatic carbocycles. The van der Waals surface area contributed by atoms with Gasteiger partial charge in [-0.05, 0) is 38.0 Å². The molecule has 3 nitrogen and oxygen atoms in total. The van der Waals surface area contributed by atoms with Gasteiger partial charge in [-0.1, -0.05) is 13.3 Å². The van der Waals surface area contributed by atoms with Crippen LogP contribution in [0.2, 0.25) is 0 Å². The highest BCUT2D eigenvalue weighted by Crippen LogP contribution is 2.34. The summed E-state index contributed by atoms with van der Waals surface area (Å²) in [6.45, 7) is 3.17. The van der Waals surface area contributed by atoms with E-state index >= 15 is 0 Å². The van der Waals surface area contributed by atoms with Crippen LogP contribution in [0.5, 0.6) is 0 Å². The fourth-order valence-electron chi connectivity index (χ4n) is 3.21. The van der Waals surface area contributed by atoms with E-state index in [2.05, 4.69) is 6.92 Å². The second kappa shape index (κ2) is 5.17. The van der Waals surface area contributed by atoms with Crippen molar-refractivity contribution in [2.45, 2.75) is 51.5 Å². The normalized spacial score (nSPS) is 35.4. The molecule has 3 atom stereocenters. The summed E-state index contributed by atoms with van der Waals surface area (Å²) < 4.78 is 0. The molecule has 1 heterocycles. The first-order valence-electron chi connectivity index (χ1n) is 6.65. The van der Waals surface area contributed by atoms with E-state index in [1.165, 1.54) is 12.8 Å². The van der Waals surface area contributed by atoms with Gasteiger partial charge < -0.3 is 10.0 Å². The number of likely N-dealkylation sites (tertiary alicyclic amines) is 1. The highest BCUT2D eigenvalue weighted by Gasteiger charge is 2.36. The number of amides is 1. The summed E-state index contributed by atoms with van der Waals surface area (Å²) >= 11 is 0. The van der Waals surface area contributed by atoms with Crippen LogP contribution >= 0.6 is 0 Å². The van der Waals surface area contributed by atoms with E-state index in [-0.39, 0.29) is 18.6 Å². The van der Waals surface area contributed by atoms with E-state index < -0.39 is 0 Å². The van der Waals surface area contributed by atoms with Crippen LogP contribution in [0.1, 0.15) is 45.4 Å². The topological polar surface area (TPSA) is 40.5 Å². The molecule has 0 aromatic heterocycles. The Hall–Kier alpha value is -0.570. The Balaban J connectivity index is 2.01. The Morgan fingerprint density at radius 3 is 2.69 bits per heavy atom. The van der Waals surface area contributed by atoms with Gasteiger partial charge in [-0.2, -0.15) is 0 Å². The molecule has 1 N–H and O–H groups in total. The molecule has 1 amide bonds. The minimum atomic E-state index is 0.0917. The Bertz CT molecular complexity index is 254. The number of aliphatic hydroxyl groups excluding tert-OH is 1. The van der Waals surface area contributed by atoms with E-state index in [9.17, 15) is 9.90 Å². The first-order valence-corrected chi connectivity index (χ1v) is 6.65. The van der Waals surface area contributed by atoms with Gasteiger partial charge in [-0.25, -0.2) is 0 Å². The fraction of sp³-hybridized carbons (Fsp3) is 0.923. The molecule has 92 valence electrons. The summed E-state index contributed by atoms with van der Waals surface area (Å²) in [5.41, 5.74) is 0. The van der Waals surface area contributed by atoms with Crippen molar-refractivity contribution in [2.24, 2.45) is 11.8 Å². The zero-order valence-electron chi connectivity index (χ0n) is 10.2. The van der Waals surface area contributed by atoms with Crippen LogP contribution in [-0.2, 0) is 4.79 Å². The van der Waals surface area contributed by atoms with Crippen molar-refractivity contribution in [1.29, 1.82) is 0 Å². The first-order chi connectivity index (χ1) is 7.74. The number of aliphatic hydroxyl groups is 1. The lowest BCUT2D eigenvalue weighted by atomic mass is 9.93. The number of carbonyl (C=O) groups is 1. The molecule has 0 bridgehead atoms. The van der Waals surface area contributed by atoms with Crippen LogP contribution in [0.25, 0.3) is 0 Å². The molecule has 0 aromatic carbocycles. The third-order valence-electron chi connectivity index (χ3n) is 4.30. The van der Waals surface area contributed by atoms with Crippen LogP contribution in [0.3, 0.4) is 0 Å². The van der Waals surface area contributed by atoms with E-state index in [4.69, 9.17) is 0 Å². The average molecular weight is 225 g/mol. The summed E-state index contributed by atoms with van der Waals surface area (Å²) in [5, 5.41) is 9.33. The van der Waals surface area contributed by atoms with Crippen LogP contribution in [-0.4, -0.2) is 35.1 Å². The quantitative estimate of drug-likeness (QED) is 0.778. The Morgan fingerprint density at radius 2 is 2.06 bits per heavy atom. The Labute approximate surface area is 97.8 Å². The molecule has 0 spiro atoms. The van der Waals surface area contributed by atoms with Crippen LogP contribution in [0, 0.1) is 11.8 Å². The van der Waals surface area contributed by atoms with Gasteiger partial charge in [0.15, 0.2) is 0 Å². The van der Waals surface area contributed by atoms with Crippen LogP contribution in [0.4, 0.5) is 0 Å². The van der Waals surface area contributed by atoms with E-state index in [0.29, 0.717) is 11.8 Å². The third kappa shape index (κ3) is 2.24. The van der Waals surface area contributed by atoms with Gasteiger partial charge in [0.05, 0.1) is 12.6 Å². The summed E-state index contributed by atoms with van der Waals surface area (Å²) in [4.78, 5) is 14.3. The molecular formula is C13H23NO2. The smallest absolute Gasteiger partial charge is 0.226 e. The van der Waals surface area contributed by atoms with Crippen molar-refractivity contribution in [3.63, 3.8) is 0 Å².